The first-order valence-corrected chi connectivity index (χ1v) is 29.6. The van der Waals surface area contributed by atoms with Crippen LogP contribution in [0.25, 0.3) is 0 Å². The monoisotopic (exact) mass is 1120 g/mol. The average Bonchev–Trinajstić information content (AvgIpc) is 3.46. The van der Waals surface area contributed by atoms with Crippen molar-refractivity contribution in [3.8, 4) is 0 Å². The molecule has 9 atom stereocenters. The minimum Gasteiger partial charge on any atom is -0.466 e. The van der Waals surface area contributed by atoms with Crippen molar-refractivity contribution in [3.63, 3.8) is 0 Å². The largest absolute Gasteiger partial charge is 0.466 e. The van der Waals surface area contributed by atoms with E-state index in [2.05, 4.69) is 5.32 Å². The number of aliphatic imine (C=N–C) groups is 3. The molecule has 0 saturated carbocycles. The van der Waals surface area contributed by atoms with Gasteiger partial charge in [0, 0.05) is 73.9 Å². The molecule has 0 spiro atoms. The van der Waals surface area contributed by atoms with Crippen molar-refractivity contribution in [1.29, 1.82) is 0 Å². The van der Waals surface area contributed by atoms with Gasteiger partial charge in [0.2, 0.25) is 0 Å². The smallest absolute Gasteiger partial charge is 0.306 e. The molecule has 0 unspecified atom stereocenters. The summed E-state index contributed by atoms with van der Waals surface area (Å²) < 4.78 is 40.9. The molecule has 5 rings (SSSR count). The summed E-state index contributed by atoms with van der Waals surface area (Å²) in [6, 6.07) is -1.02. The molecular formula is C62H94N4O14. The summed E-state index contributed by atoms with van der Waals surface area (Å²) in [7, 11) is 0. The van der Waals surface area contributed by atoms with Crippen LogP contribution < -0.4 is 5.32 Å². The number of carbonyl (C=O) groups is 7. The highest BCUT2D eigenvalue weighted by atomic mass is 16.6. The van der Waals surface area contributed by atoms with E-state index in [1.165, 1.54) is 0 Å². The van der Waals surface area contributed by atoms with Crippen LogP contribution in [0.2, 0.25) is 0 Å². The van der Waals surface area contributed by atoms with Gasteiger partial charge in [-0.1, -0.05) is 83.1 Å². The molecule has 446 valence electrons. The lowest BCUT2D eigenvalue weighted by molar-refractivity contribution is -0.152. The van der Waals surface area contributed by atoms with E-state index in [0.29, 0.717) is 90.3 Å². The highest BCUT2D eigenvalue weighted by molar-refractivity contribution is 6.11. The van der Waals surface area contributed by atoms with Gasteiger partial charge >= 0.3 is 41.8 Å². The highest BCUT2D eigenvalue weighted by Crippen LogP contribution is 2.62. The van der Waals surface area contributed by atoms with Gasteiger partial charge in [-0.25, -0.2) is 0 Å². The molecule has 0 radical (unpaired) electrons. The summed E-state index contributed by atoms with van der Waals surface area (Å²) >= 11 is 0. The molecule has 80 heavy (non-hydrogen) atoms. The second-order valence-electron chi connectivity index (χ2n) is 23.9. The van der Waals surface area contributed by atoms with E-state index in [0.717, 1.165) is 0 Å². The standard InChI is InChI=1S/C62H94N4O14/c1-16-23-74-46(67)30-40-44-34-45-58(10,11)41(31-47(68)75-24-17-2)53(64-45)38(8)56-60(13,36-51(72)79-28-21-6)43(33-49(70)77-26-19-4)57(65-56)62(15)61(14,37-52(73)80-29-22-7)42(32-48(69)76-25-18-3)54(66-62)39(9)55(63-44)59(40,12)35-50(71)78-27-20-5/h34,40-43,57,63H,16-33,35-37H2,1-15H3/b44-34-,53-38-,55-39-/t40-,41-,42-,43+,57-,59+,60-,61+,62+/m1/s1. The summed E-state index contributed by atoms with van der Waals surface area (Å²) in [6.07, 6.45) is 4.49. The summed E-state index contributed by atoms with van der Waals surface area (Å²) in [6.45, 7) is 29.8. The molecule has 5 aliphatic rings. The normalized spacial score (nSPS) is 30.8. The Morgan fingerprint density at radius 1 is 0.500 bits per heavy atom. The topological polar surface area (TPSA) is 233 Å². The first-order chi connectivity index (χ1) is 37.8. The van der Waals surface area contributed by atoms with Crippen molar-refractivity contribution >= 4 is 58.9 Å². The van der Waals surface area contributed by atoms with Crippen LogP contribution in [-0.2, 0) is 66.7 Å². The second kappa shape index (κ2) is 27.9. The number of hydrogen-bond donors (Lipinski definition) is 1. The summed E-state index contributed by atoms with van der Waals surface area (Å²) in [5, 5.41) is 3.74. The Morgan fingerprint density at radius 2 is 0.900 bits per heavy atom. The van der Waals surface area contributed by atoms with Gasteiger partial charge in [0.15, 0.2) is 0 Å². The van der Waals surface area contributed by atoms with Crippen LogP contribution >= 0.6 is 0 Å². The van der Waals surface area contributed by atoms with Gasteiger partial charge in [0.25, 0.3) is 0 Å². The van der Waals surface area contributed by atoms with Gasteiger partial charge in [-0.15, -0.1) is 0 Å². The first-order valence-electron chi connectivity index (χ1n) is 29.6. The van der Waals surface area contributed by atoms with Crippen molar-refractivity contribution < 1.29 is 66.7 Å². The third-order valence-electron chi connectivity index (χ3n) is 17.4. The molecular weight excluding hydrogens is 1020 g/mol. The predicted octanol–water partition coefficient (Wildman–Crippen LogP) is 10.4. The predicted molar refractivity (Wildman–Crippen MR) is 304 cm³/mol. The quantitative estimate of drug-likeness (QED) is 0.0567. The third-order valence-corrected chi connectivity index (χ3v) is 17.4. The maximum absolute atomic E-state index is 14.6. The Bertz CT molecular complexity index is 2520. The van der Waals surface area contributed by atoms with E-state index in [9.17, 15) is 33.6 Å². The van der Waals surface area contributed by atoms with Gasteiger partial charge in [0.1, 0.15) is 0 Å². The zero-order valence-corrected chi connectivity index (χ0v) is 50.9. The number of nitrogens with one attached hydrogen (secondary N) is 1. The number of nitrogens with zero attached hydrogens (tertiary/aromatic N) is 3. The zero-order chi connectivity index (χ0) is 59.4. The molecule has 18 heteroatoms. The fourth-order valence-corrected chi connectivity index (χ4v) is 12.7. The van der Waals surface area contributed by atoms with Crippen LogP contribution in [0.15, 0.2) is 49.3 Å². The van der Waals surface area contributed by atoms with Crippen LogP contribution in [-0.4, -0.2) is 117 Å². The lowest BCUT2D eigenvalue weighted by atomic mass is 9.56. The molecule has 0 aromatic heterocycles. The Balaban J connectivity index is 2.07. The van der Waals surface area contributed by atoms with Crippen LogP contribution in [0.1, 0.15) is 194 Å². The number of hydrogen-bond acceptors (Lipinski definition) is 18. The molecule has 0 amide bonds. The number of carbonyl (C=O) groups excluding carboxylic acids is 7. The van der Waals surface area contributed by atoms with Gasteiger partial charge in [-0.2, -0.15) is 0 Å². The van der Waals surface area contributed by atoms with Crippen molar-refractivity contribution in [1.82, 2.24) is 5.32 Å². The van der Waals surface area contributed by atoms with Gasteiger partial charge < -0.3 is 38.5 Å². The molecule has 0 aromatic rings. The van der Waals surface area contributed by atoms with Crippen LogP contribution in [0.4, 0.5) is 0 Å². The molecule has 1 fully saturated rings. The van der Waals surface area contributed by atoms with E-state index >= 15 is 0 Å². The lowest BCUT2D eigenvalue weighted by Gasteiger charge is -2.47. The van der Waals surface area contributed by atoms with Crippen molar-refractivity contribution in [2.45, 2.75) is 205 Å². The van der Waals surface area contributed by atoms with Gasteiger partial charge in [-0.3, -0.25) is 48.5 Å². The third kappa shape index (κ3) is 13.8. The second-order valence-corrected chi connectivity index (χ2v) is 23.9. The van der Waals surface area contributed by atoms with E-state index in [1.807, 2.05) is 110 Å². The van der Waals surface area contributed by atoms with Crippen molar-refractivity contribution in [3.05, 3.63) is 34.3 Å². The lowest BCUT2D eigenvalue weighted by Crippen LogP contribution is -2.56. The van der Waals surface area contributed by atoms with Gasteiger partial charge in [-0.05, 0) is 82.9 Å². The average molecular weight is 1120 g/mol. The molecule has 5 aliphatic heterocycles. The van der Waals surface area contributed by atoms with Crippen LogP contribution in [0, 0.1) is 45.3 Å². The number of allylic oxidation sites excluding steroid dienone is 6. The first kappa shape index (κ1) is 65.1. The Hall–Kier alpha value is -5.68. The maximum atomic E-state index is 14.6. The van der Waals surface area contributed by atoms with Crippen LogP contribution in [0.3, 0.4) is 0 Å². The van der Waals surface area contributed by atoms with E-state index in [1.54, 1.807) is 0 Å². The Morgan fingerprint density at radius 3 is 1.36 bits per heavy atom. The molecule has 1 saturated heterocycles. The van der Waals surface area contributed by atoms with E-state index < -0.39 is 98.7 Å². The number of fused-ring (bicyclic) bond motifs is 6. The fourth-order valence-electron chi connectivity index (χ4n) is 12.7. The molecule has 0 aromatic carbocycles. The SMILES string of the molecule is CCCOC(=O)C[C@@H]1/C2=C(\C)C3=N[C@H]([C@H](CC(=O)OCCC)[C@@]3(C)CC(=O)OCCC)[C@]3(C)N=C(/C(C)=C4\N/C(=C\C(=N2)C1(C)C)[C@@H](CC(=O)OCCC)[C@]4(C)CC(=O)OCCC)[C@@H](CC(=O)OCCC)[C@]3(C)CC(=O)OCCC. The number of ether oxygens (including phenoxy) is 7. The molecule has 0 aliphatic carbocycles. The molecule has 1 N–H and O–H groups in total. The minimum atomic E-state index is -1.51. The highest BCUT2D eigenvalue weighted by Gasteiger charge is 2.67. The zero-order valence-electron chi connectivity index (χ0n) is 50.9. The summed E-state index contributed by atoms with van der Waals surface area (Å²) in [5.74, 6) is -6.69. The Labute approximate surface area is 475 Å². The Kier molecular flexibility index (Phi) is 22.7. The van der Waals surface area contributed by atoms with Gasteiger partial charge in [0.05, 0.1) is 108 Å². The number of rotatable bonds is 28. The fraction of sp³-hybridized carbons (Fsp3) is 0.742. The molecule has 18 nitrogen and oxygen atoms in total. The van der Waals surface area contributed by atoms with Crippen molar-refractivity contribution in [2.75, 3.05) is 46.2 Å². The maximum Gasteiger partial charge on any atom is 0.306 e. The molecule has 8 bridgehead atoms. The van der Waals surface area contributed by atoms with Crippen molar-refractivity contribution in [2.24, 2.45) is 60.3 Å². The molecule has 5 heterocycles. The van der Waals surface area contributed by atoms with Crippen LogP contribution in [0.5, 0.6) is 0 Å². The number of esters is 7. The van der Waals surface area contributed by atoms with E-state index in [4.69, 9.17) is 48.1 Å². The summed E-state index contributed by atoms with van der Waals surface area (Å²) in [4.78, 5) is 117. The van der Waals surface area contributed by atoms with E-state index in [-0.39, 0.29) is 91.2 Å². The minimum absolute atomic E-state index is 0.0842. The summed E-state index contributed by atoms with van der Waals surface area (Å²) in [5.41, 5.74) is -2.24.